The zero-order valence-electron chi connectivity index (χ0n) is 21.0. The number of amides is 1. The van der Waals surface area contributed by atoms with Crippen LogP contribution in [0, 0.1) is 10.1 Å². The second-order valence-corrected chi connectivity index (χ2v) is 9.70. The molecule has 3 aromatic rings. The Morgan fingerprint density at radius 3 is 2.45 bits per heavy atom. The average molecular weight is 622 g/mol. The van der Waals surface area contributed by atoms with E-state index in [4.69, 9.17) is 49.0 Å². The summed E-state index contributed by atoms with van der Waals surface area (Å²) in [6.07, 6.45) is -4.52. The minimum absolute atomic E-state index is 0.0111. The molecule has 0 bridgehead atoms. The minimum Gasteiger partial charge on any atom is -0.489 e. The van der Waals surface area contributed by atoms with Crippen molar-refractivity contribution in [2.24, 2.45) is 0 Å². The Balaban J connectivity index is 0.000000238. The van der Waals surface area contributed by atoms with Crippen LogP contribution in [-0.4, -0.2) is 34.9 Å². The van der Waals surface area contributed by atoms with E-state index in [1.165, 1.54) is 18.2 Å². The number of fused-ring (bicyclic) bond motifs is 1. The Morgan fingerprint density at radius 2 is 1.85 bits per heavy atom. The molecule has 0 saturated carbocycles. The van der Waals surface area contributed by atoms with Gasteiger partial charge in [0.2, 0.25) is 5.75 Å². The number of ether oxygens (including phenoxy) is 3. The van der Waals surface area contributed by atoms with E-state index in [-0.39, 0.29) is 46.5 Å². The van der Waals surface area contributed by atoms with Gasteiger partial charge in [-0.25, -0.2) is 0 Å². The Morgan fingerprint density at radius 1 is 1.15 bits per heavy atom. The summed E-state index contributed by atoms with van der Waals surface area (Å²) in [7, 11) is 0. The van der Waals surface area contributed by atoms with Crippen LogP contribution in [0.15, 0.2) is 60.7 Å². The Labute approximate surface area is 242 Å². The van der Waals surface area contributed by atoms with E-state index in [0.717, 1.165) is 23.9 Å². The summed E-state index contributed by atoms with van der Waals surface area (Å²) in [5, 5.41) is 10.7. The van der Waals surface area contributed by atoms with Gasteiger partial charge in [-0.1, -0.05) is 46.9 Å². The van der Waals surface area contributed by atoms with E-state index in [1.807, 2.05) is 31.2 Å². The van der Waals surface area contributed by atoms with Gasteiger partial charge in [-0.2, -0.15) is 13.2 Å². The molecule has 0 aromatic heterocycles. The number of halogens is 6. The molecule has 1 aliphatic rings. The van der Waals surface area contributed by atoms with Gasteiger partial charge in [0, 0.05) is 12.1 Å². The topological polar surface area (TPSA) is 91.1 Å². The van der Waals surface area contributed by atoms with Crippen molar-refractivity contribution >= 4 is 52.1 Å². The standard InChI is InChI=1S/C15H11ClF3NO4.C11H11Cl2NO2/c1-2-23-14-8-10(4-5-12(14)20(21)22)24-13-6-3-9(7-11(13)16)15(17,18)19;1-7-6-16-9-5-3-2-4-8(9)14(7)11(15)10(12)13/h3-8H,2H2,1H3;2-5,7,10H,6H2,1H3. The van der Waals surface area contributed by atoms with Gasteiger partial charge in [-0.05, 0) is 50.2 Å². The van der Waals surface area contributed by atoms with Crippen molar-refractivity contribution < 1.29 is 37.1 Å². The number of rotatable bonds is 6. The zero-order chi connectivity index (χ0) is 29.6. The fourth-order valence-electron chi connectivity index (χ4n) is 3.61. The molecule has 0 radical (unpaired) electrons. The van der Waals surface area contributed by atoms with E-state index in [1.54, 1.807) is 11.8 Å². The van der Waals surface area contributed by atoms with E-state index < -0.39 is 21.5 Å². The van der Waals surface area contributed by atoms with Crippen LogP contribution in [-0.2, 0) is 11.0 Å². The lowest BCUT2D eigenvalue weighted by molar-refractivity contribution is -0.385. The smallest absolute Gasteiger partial charge is 0.416 e. The maximum atomic E-state index is 12.6. The number of benzene rings is 3. The number of nitrogens with zero attached hydrogens (tertiary/aromatic N) is 2. The number of anilines is 1. The lowest BCUT2D eigenvalue weighted by atomic mass is 10.1. The molecule has 14 heteroatoms. The van der Waals surface area contributed by atoms with Gasteiger partial charge in [0.1, 0.15) is 23.9 Å². The van der Waals surface area contributed by atoms with Crippen molar-refractivity contribution in [3.8, 4) is 23.0 Å². The summed E-state index contributed by atoms with van der Waals surface area (Å²) in [5.41, 5.74) is -0.432. The summed E-state index contributed by atoms with van der Waals surface area (Å²) in [5.74, 6) is 0.490. The molecule has 0 fully saturated rings. The fourth-order valence-corrected chi connectivity index (χ4v) is 4.04. The van der Waals surface area contributed by atoms with Gasteiger partial charge in [-0.3, -0.25) is 14.9 Å². The van der Waals surface area contributed by atoms with Crippen molar-refractivity contribution in [3.05, 3.63) is 81.4 Å². The molecule has 3 aromatic carbocycles. The van der Waals surface area contributed by atoms with Gasteiger partial charge in [0.25, 0.3) is 5.91 Å². The van der Waals surface area contributed by atoms with Crippen molar-refractivity contribution in [3.63, 3.8) is 0 Å². The molecule has 1 unspecified atom stereocenters. The SMILES string of the molecule is CC1COc2ccccc2N1C(=O)C(Cl)Cl.CCOc1cc(Oc2ccc(C(F)(F)F)cc2Cl)ccc1[N+](=O)[O-]. The van der Waals surface area contributed by atoms with Gasteiger partial charge in [0.05, 0.1) is 33.8 Å². The van der Waals surface area contributed by atoms with Gasteiger partial charge in [-0.15, -0.1) is 0 Å². The molecule has 1 aliphatic heterocycles. The number of nitro groups is 1. The summed E-state index contributed by atoms with van der Waals surface area (Å²) >= 11 is 17.1. The molecule has 0 saturated heterocycles. The predicted molar refractivity (Wildman–Crippen MR) is 145 cm³/mol. The Hall–Kier alpha value is -3.41. The monoisotopic (exact) mass is 620 g/mol. The third-order valence-electron chi connectivity index (χ3n) is 5.38. The second-order valence-electron chi connectivity index (χ2n) is 8.20. The molecule has 0 aliphatic carbocycles. The molecular weight excluding hydrogens is 600 g/mol. The van der Waals surface area contributed by atoms with Crippen LogP contribution < -0.4 is 19.1 Å². The first-order valence-corrected chi connectivity index (χ1v) is 12.9. The zero-order valence-corrected chi connectivity index (χ0v) is 23.2. The lowest BCUT2D eigenvalue weighted by Crippen LogP contribution is -2.47. The quantitative estimate of drug-likeness (QED) is 0.157. The lowest BCUT2D eigenvalue weighted by Gasteiger charge is -2.35. The van der Waals surface area contributed by atoms with Crippen LogP contribution in [0.2, 0.25) is 5.02 Å². The highest BCUT2D eigenvalue weighted by molar-refractivity contribution is 6.54. The number of hydrogen-bond donors (Lipinski definition) is 0. The Kier molecular flexibility index (Phi) is 10.3. The number of carbonyl (C=O) groups is 1. The van der Waals surface area contributed by atoms with Crippen molar-refractivity contribution in [1.82, 2.24) is 0 Å². The fraction of sp³-hybridized carbons (Fsp3) is 0.269. The van der Waals surface area contributed by atoms with E-state index >= 15 is 0 Å². The van der Waals surface area contributed by atoms with Crippen LogP contribution in [0.5, 0.6) is 23.0 Å². The first kappa shape index (κ1) is 31.1. The third kappa shape index (κ3) is 7.61. The molecule has 0 spiro atoms. The molecular formula is C26H22Cl3F3N2O6. The van der Waals surface area contributed by atoms with E-state index in [2.05, 4.69) is 0 Å². The van der Waals surface area contributed by atoms with E-state index in [0.29, 0.717) is 12.4 Å². The summed E-state index contributed by atoms with van der Waals surface area (Å²) in [6, 6.07) is 13.7. The number of hydrogen-bond acceptors (Lipinski definition) is 6. The predicted octanol–water partition coefficient (Wildman–Crippen LogP) is 8.06. The molecule has 40 heavy (non-hydrogen) atoms. The van der Waals surface area contributed by atoms with Crippen LogP contribution >= 0.6 is 34.8 Å². The van der Waals surface area contributed by atoms with Gasteiger partial charge >= 0.3 is 11.9 Å². The highest BCUT2D eigenvalue weighted by Crippen LogP contribution is 2.39. The number of para-hydroxylation sites is 2. The number of nitro benzene ring substituents is 1. The van der Waals surface area contributed by atoms with E-state index in [9.17, 15) is 28.1 Å². The maximum Gasteiger partial charge on any atom is 0.416 e. The largest absolute Gasteiger partial charge is 0.489 e. The Bertz CT molecular complexity index is 1370. The molecule has 0 N–H and O–H groups in total. The van der Waals surface area contributed by atoms with Gasteiger partial charge in [0.15, 0.2) is 4.84 Å². The third-order valence-corrected chi connectivity index (χ3v) is 6.05. The molecule has 1 amide bonds. The number of carbonyl (C=O) groups excluding carboxylic acids is 1. The highest BCUT2D eigenvalue weighted by atomic mass is 35.5. The van der Waals surface area contributed by atoms with Gasteiger partial charge < -0.3 is 19.1 Å². The van der Waals surface area contributed by atoms with Crippen molar-refractivity contribution in [1.29, 1.82) is 0 Å². The van der Waals surface area contributed by atoms with Crippen LogP contribution in [0.3, 0.4) is 0 Å². The van der Waals surface area contributed by atoms with Crippen LogP contribution in [0.25, 0.3) is 0 Å². The maximum absolute atomic E-state index is 12.6. The first-order valence-electron chi connectivity index (χ1n) is 11.6. The molecule has 1 atom stereocenters. The molecule has 1 heterocycles. The van der Waals surface area contributed by atoms with Crippen LogP contribution in [0.4, 0.5) is 24.5 Å². The van der Waals surface area contributed by atoms with Crippen molar-refractivity contribution in [2.45, 2.75) is 30.9 Å². The molecule has 214 valence electrons. The summed E-state index contributed by atoms with van der Waals surface area (Å²) in [6.45, 7) is 4.20. The summed E-state index contributed by atoms with van der Waals surface area (Å²) in [4.78, 5) is 22.7. The number of alkyl halides is 5. The first-order chi connectivity index (χ1) is 18.8. The van der Waals surface area contributed by atoms with Crippen molar-refractivity contribution in [2.75, 3.05) is 18.1 Å². The minimum atomic E-state index is -4.52. The molecule has 4 rings (SSSR count). The molecule has 8 nitrogen and oxygen atoms in total. The average Bonchev–Trinajstić information content (AvgIpc) is 2.89. The van der Waals surface area contributed by atoms with Crippen LogP contribution in [0.1, 0.15) is 19.4 Å². The summed E-state index contributed by atoms with van der Waals surface area (Å²) < 4.78 is 53.9. The normalized spacial score (nSPS) is 14.4. The second kappa shape index (κ2) is 13.3. The highest BCUT2D eigenvalue weighted by Gasteiger charge is 2.32.